The Morgan fingerprint density at radius 1 is 0.786 bits per heavy atom. The van der Waals surface area contributed by atoms with E-state index in [9.17, 15) is 9.59 Å². The fraction of sp³-hybridized carbons (Fsp3) is 0.0833. The van der Waals surface area contributed by atoms with Crippen LogP contribution in [-0.4, -0.2) is 16.7 Å². The first kappa shape index (κ1) is 17.7. The summed E-state index contributed by atoms with van der Waals surface area (Å²) in [7, 11) is 0. The molecule has 3 aromatic carbocycles. The van der Waals surface area contributed by atoms with Crippen molar-refractivity contribution in [1.82, 2.24) is 4.98 Å². The van der Waals surface area contributed by atoms with Gasteiger partial charge in [-0.1, -0.05) is 48.5 Å². The highest BCUT2D eigenvalue weighted by Gasteiger charge is 2.11. The zero-order valence-electron chi connectivity index (χ0n) is 15.2. The molecule has 4 nitrogen and oxygen atoms in total. The summed E-state index contributed by atoms with van der Waals surface area (Å²) in [6, 6.07) is 23.8. The zero-order chi connectivity index (χ0) is 19.3. The number of benzene rings is 3. The van der Waals surface area contributed by atoms with Crippen LogP contribution < -0.4 is 4.74 Å². The van der Waals surface area contributed by atoms with Gasteiger partial charge in [-0.25, -0.2) is 0 Å². The van der Waals surface area contributed by atoms with Crippen molar-refractivity contribution in [3.63, 3.8) is 0 Å². The van der Waals surface area contributed by atoms with Crippen molar-refractivity contribution in [2.24, 2.45) is 0 Å². The Morgan fingerprint density at radius 2 is 1.46 bits per heavy atom. The average molecular weight is 369 g/mol. The molecule has 0 bridgehead atoms. The lowest BCUT2D eigenvalue weighted by Gasteiger charge is -2.06. The molecule has 1 aromatic heterocycles. The van der Waals surface area contributed by atoms with Gasteiger partial charge < -0.3 is 9.72 Å². The number of aromatic amines is 1. The lowest BCUT2D eigenvalue weighted by Crippen LogP contribution is -2.09. The van der Waals surface area contributed by atoms with Crippen molar-refractivity contribution >= 4 is 22.7 Å². The van der Waals surface area contributed by atoms with E-state index < -0.39 is 0 Å². The Kier molecular flexibility index (Phi) is 5.02. The van der Waals surface area contributed by atoms with E-state index in [4.69, 9.17) is 4.74 Å². The number of hydrogen-bond donors (Lipinski definition) is 1. The van der Waals surface area contributed by atoms with Crippen LogP contribution >= 0.6 is 0 Å². The van der Waals surface area contributed by atoms with Crippen LogP contribution in [0.5, 0.6) is 5.75 Å². The molecule has 0 radical (unpaired) electrons. The van der Waals surface area contributed by atoms with Crippen molar-refractivity contribution in [1.29, 1.82) is 0 Å². The SMILES string of the molecule is O=C(CCc1c[nH]c2ccccc12)Oc1ccc(C(=O)c2ccccc2)cc1. The topological polar surface area (TPSA) is 59.2 Å². The number of rotatable bonds is 6. The van der Waals surface area contributed by atoms with Crippen molar-refractivity contribution < 1.29 is 14.3 Å². The number of esters is 1. The Labute approximate surface area is 162 Å². The highest BCUT2D eigenvalue weighted by Crippen LogP contribution is 2.20. The summed E-state index contributed by atoms with van der Waals surface area (Å²) in [5.41, 5.74) is 3.34. The number of nitrogens with one attached hydrogen (secondary N) is 1. The van der Waals surface area contributed by atoms with Crippen molar-refractivity contribution in [2.75, 3.05) is 0 Å². The molecule has 0 unspecified atom stereocenters. The second kappa shape index (κ2) is 7.92. The number of hydrogen-bond acceptors (Lipinski definition) is 3. The summed E-state index contributed by atoms with van der Waals surface area (Å²) < 4.78 is 5.40. The van der Waals surface area contributed by atoms with Gasteiger partial charge in [-0.05, 0) is 42.3 Å². The number of aromatic nitrogens is 1. The van der Waals surface area contributed by atoms with Gasteiger partial charge in [0.15, 0.2) is 5.78 Å². The van der Waals surface area contributed by atoms with Crippen LogP contribution in [0.15, 0.2) is 85.1 Å². The Bertz CT molecular complexity index is 1110. The summed E-state index contributed by atoms with van der Waals surface area (Å²) in [6.45, 7) is 0. The number of para-hydroxylation sites is 1. The Morgan fingerprint density at radius 3 is 2.25 bits per heavy atom. The predicted molar refractivity (Wildman–Crippen MR) is 109 cm³/mol. The highest BCUT2D eigenvalue weighted by atomic mass is 16.5. The van der Waals surface area contributed by atoms with Crippen LogP contribution in [0, 0.1) is 0 Å². The van der Waals surface area contributed by atoms with Crippen LogP contribution in [-0.2, 0) is 11.2 Å². The largest absolute Gasteiger partial charge is 0.427 e. The molecular weight excluding hydrogens is 350 g/mol. The van der Waals surface area contributed by atoms with E-state index in [1.165, 1.54) is 0 Å². The molecule has 1 heterocycles. The van der Waals surface area contributed by atoms with Crippen molar-refractivity contribution in [3.8, 4) is 5.75 Å². The Hall–Kier alpha value is -3.66. The summed E-state index contributed by atoms with van der Waals surface area (Å²) in [5.74, 6) is 0.0822. The first-order valence-corrected chi connectivity index (χ1v) is 9.16. The smallest absolute Gasteiger partial charge is 0.311 e. The first-order chi connectivity index (χ1) is 13.7. The number of aryl methyl sites for hydroxylation is 1. The molecule has 0 aliphatic carbocycles. The minimum atomic E-state index is -0.299. The van der Waals surface area contributed by atoms with E-state index in [1.807, 2.05) is 48.7 Å². The summed E-state index contributed by atoms with van der Waals surface area (Å²) >= 11 is 0. The fourth-order valence-corrected chi connectivity index (χ4v) is 3.19. The van der Waals surface area contributed by atoms with Gasteiger partial charge in [-0.2, -0.15) is 0 Å². The van der Waals surface area contributed by atoms with Gasteiger partial charge in [-0.15, -0.1) is 0 Å². The molecule has 28 heavy (non-hydrogen) atoms. The quantitative estimate of drug-likeness (QED) is 0.298. The maximum Gasteiger partial charge on any atom is 0.311 e. The van der Waals surface area contributed by atoms with Crippen LogP contribution in [0.1, 0.15) is 27.9 Å². The minimum absolute atomic E-state index is 0.0576. The number of ether oxygens (including phenoxy) is 1. The van der Waals surface area contributed by atoms with Crippen LogP contribution in [0.2, 0.25) is 0 Å². The summed E-state index contributed by atoms with van der Waals surface area (Å²) in [6.07, 6.45) is 2.82. The first-order valence-electron chi connectivity index (χ1n) is 9.16. The number of H-pyrrole nitrogens is 1. The van der Waals surface area contributed by atoms with Gasteiger partial charge in [0.1, 0.15) is 5.75 Å². The lowest BCUT2D eigenvalue weighted by molar-refractivity contribution is -0.134. The standard InChI is InChI=1S/C24H19NO3/c26-23(15-12-19-16-25-22-9-5-4-8-21(19)22)28-20-13-10-18(11-14-20)24(27)17-6-2-1-3-7-17/h1-11,13-14,16,25H,12,15H2. The average Bonchev–Trinajstić information content (AvgIpc) is 3.16. The molecule has 4 rings (SSSR count). The molecule has 0 saturated carbocycles. The van der Waals surface area contributed by atoms with E-state index in [0.29, 0.717) is 23.3 Å². The minimum Gasteiger partial charge on any atom is -0.427 e. The summed E-state index contributed by atoms with van der Waals surface area (Å²) in [4.78, 5) is 27.8. The number of carbonyl (C=O) groups excluding carboxylic acids is 2. The monoisotopic (exact) mass is 369 g/mol. The van der Waals surface area contributed by atoms with Crippen LogP contribution in [0.3, 0.4) is 0 Å². The molecule has 0 aliphatic heterocycles. The van der Waals surface area contributed by atoms with E-state index >= 15 is 0 Å². The van der Waals surface area contributed by atoms with Gasteiger partial charge in [0, 0.05) is 28.2 Å². The zero-order valence-corrected chi connectivity index (χ0v) is 15.2. The summed E-state index contributed by atoms with van der Waals surface area (Å²) in [5, 5.41) is 1.12. The molecule has 0 fully saturated rings. The Balaban J connectivity index is 1.36. The van der Waals surface area contributed by atoms with Crippen LogP contribution in [0.4, 0.5) is 0 Å². The van der Waals surface area contributed by atoms with E-state index in [2.05, 4.69) is 4.98 Å². The number of ketones is 1. The molecule has 0 spiro atoms. The molecule has 1 N–H and O–H groups in total. The number of carbonyl (C=O) groups is 2. The van der Waals surface area contributed by atoms with Crippen molar-refractivity contribution in [3.05, 3.63) is 102 Å². The van der Waals surface area contributed by atoms with Crippen molar-refractivity contribution in [2.45, 2.75) is 12.8 Å². The fourth-order valence-electron chi connectivity index (χ4n) is 3.19. The van der Waals surface area contributed by atoms with Gasteiger partial charge in [0.2, 0.25) is 0 Å². The molecule has 0 saturated heterocycles. The van der Waals surface area contributed by atoms with Gasteiger partial charge in [0.05, 0.1) is 6.42 Å². The molecule has 138 valence electrons. The number of fused-ring (bicyclic) bond motifs is 1. The maximum atomic E-state index is 12.4. The molecular formula is C24H19NO3. The normalized spacial score (nSPS) is 10.7. The van der Waals surface area contributed by atoms with E-state index in [1.54, 1.807) is 36.4 Å². The third-order valence-electron chi connectivity index (χ3n) is 4.66. The lowest BCUT2D eigenvalue weighted by atomic mass is 10.0. The molecule has 0 aliphatic rings. The third-order valence-corrected chi connectivity index (χ3v) is 4.66. The predicted octanol–water partition coefficient (Wildman–Crippen LogP) is 4.94. The molecule has 0 atom stereocenters. The highest BCUT2D eigenvalue weighted by molar-refractivity contribution is 6.09. The van der Waals surface area contributed by atoms with Crippen LogP contribution in [0.25, 0.3) is 10.9 Å². The van der Waals surface area contributed by atoms with E-state index in [0.717, 1.165) is 16.5 Å². The molecule has 4 heteroatoms. The second-order valence-electron chi connectivity index (χ2n) is 6.55. The molecule has 0 amide bonds. The maximum absolute atomic E-state index is 12.4. The third kappa shape index (κ3) is 3.86. The second-order valence-corrected chi connectivity index (χ2v) is 6.55. The van der Waals surface area contributed by atoms with Gasteiger partial charge >= 0.3 is 5.97 Å². The van der Waals surface area contributed by atoms with Gasteiger partial charge in [0.25, 0.3) is 0 Å². The van der Waals surface area contributed by atoms with Gasteiger partial charge in [-0.3, -0.25) is 9.59 Å². The van der Waals surface area contributed by atoms with E-state index in [-0.39, 0.29) is 18.2 Å². The molecule has 4 aromatic rings.